The molecule has 6 nitrogen and oxygen atoms in total. The molecule has 6 rings (SSSR count). The number of pyridine rings is 1. The van der Waals surface area contributed by atoms with Crippen molar-refractivity contribution in [3.63, 3.8) is 0 Å². The van der Waals surface area contributed by atoms with Crippen LogP contribution in [0, 0.1) is 0 Å². The maximum absolute atomic E-state index is 13.1. The molecule has 6 aromatic rings. The number of amides is 1. The van der Waals surface area contributed by atoms with Crippen molar-refractivity contribution in [2.75, 3.05) is 6.54 Å². The lowest BCUT2D eigenvalue weighted by Gasteiger charge is -2.09. The number of phenolic OH excluding ortho intramolecular Hbond substituents is 1. The molecular weight excluding hydrogens is 424 g/mol. The molecule has 4 N–H and O–H groups in total. The van der Waals surface area contributed by atoms with Crippen molar-refractivity contribution in [3.8, 4) is 17.0 Å². The zero-order valence-electron chi connectivity index (χ0n) is 18.3. The number of phenols is 1. The van der Waals surface area contributed by atoms with Crippen LogP contribution in [0.5, 0.6) is 5.75 Å². The summed E-state index contributed by atoms with van der Waals surface area (Å²) in [6, 6.07) is 24.9. The van der Waals surface area contributed by atoms with Crippen LogP contribution in [0.15, 0.2) is 85.1 Å². The molecular formula is C28H22N4O2. The highest BCUT2D eigenvalue weighted by Crippen LogP contribution is 2.33. The number of hydrogen-bond donors (Lipinski definition) is 4. The van der Waals surface area contributed by atoms with E-state index in [0.29, 0.717) is 17.9 Å². The fourth-order valence-electron chi connectivity index (χ4n) is 4.53. The SMILES string of the molecule is O=C(NCCc1c[nH]c2ccccc12)c1cc2c([nH]c3ccccc32)c(-c2ccc(O)cc2)n1. The maximum Gasteiger partial charge on any atom is 0.269 e. The number of aromatic nitrogens is 3. The largest absolute Gasteiger partial charge is 0.508 e. The van der Waals surface area contributed by atoms with Gasteiger partial charge < -0.3 is 20.4 Å². The molecule has 1 amide bonds. The highest BCUT2D eigenvalue weighted by molar-refractivity contribution is 6.13. The van der Waals surface area contributed by atoms with Gasteiger partial charge in [0.1, 0.15) is 11.4 Å². The van der Waals surface area contributed by atoms with Crippen molar-refractivity contribution < 1.29 is 9.90 Å². The summed E-state index contributed by atoms with van der Waals surface area (Å²) in [6.07, 6.45) is 2.71. The quantitative estimate of drug-likeness (QED) is 0.280. The fraction of sp³-hybridized carbons (Fsp3) is 0.0714. The van der Waals surface area contributed by atoms with E-state index < -0.39 is 0 Å². The van der Waals surface area contributed by atoms with Gasteiger partial charge in [0.15, 0.2) is 0 Å². The van der Waals surface area contributed by atoms with Gasteiger partial charge >= 0.3 is 0 Å². The second-order valence-electron chi connectivity index (χ2n) is 8.36. The summed E-state index contributed by atoms with van der Waals surface area (Å²) in [4.78, 5) is 24.6. The van der Waals surface area contributed by atoms with Gasteiger partial charge in [0, 0.05) is 45.5 Å². The lowest BCUT2D eigenvalue weighted by atomic mass is 10.1. The van der Waals surface area contributed by atoms with Crippen molar-refractivity contribution in [1.82, 2.24) is 20.3 Å². The molecule has 0 bridgehead atoms. The van der Waals surface area contributed by atoms with E-state index in [9.17, 15) is 9.90 Å². The minimum Gasteiger partial charge on any atom is -0.508 e. The normalized spacial score (nSPS) is 11.4. The molecule has 34 heavy (non-hydrogen) atoms. The van der Waals surface area contributed by atoms with E-state index in [4.69, 9.17) is 4.98 Å². The van der Waals surface area contributed by atoms with E-state index in [1.807, 2.05) is 54.7 Å². The van der Waals surface area contributed by atoms with E-state index in [0.717, 1.165) is 39.3 Å². The maximum atomic E-state index is 13.1. The third-order valence-electron chi connectivity index (χ3n) is 6.22. The van der Waals surface area contributed by atoms with Gasteiger partial charge in [-0.05, 0) is 54.4 Å². The van der Waals surface area contributed by atoms with Crippen LogP contribution in [0.25, 0.3) is 44.0 Å². The van der Waals surface area contributed by atoms with Crippen molar-refractivity contribution in [2.24, 2.45) is 0 Å². The van der Waals surface area contributed by atoms with Crippen LogP contribution in [0.4, 0.5) is 0 Å². The lowest BCUT2D eigenvalue weighted by Crippen LogP contribution is -2.26. The number of rotatable bonds is 5. The molecule has 6 heteroatoms. The Hall–Kier alpha value is -4.58. The molecule has 0 saturated heterocycles. The summed E-state index contributed by atoms with van der Waals surface area (Å²) in [6.45, 7) is 0.503. The summed E-state index contributed by atoms with van der Waals surface area (Å²) in [5, 5.41) is 15.9. The number of para-hydroxylation sites is 2. The van der Waals surface area contributed by atoms with Crippen LogP contribution in [0.1, 0.15) is 16.1 Å². The number of H-pyrrole nitrogens is 2. The Bertz CT molecular complexity index is 1660. The van der Waals surface area contributed by atoms with Gasteiger partial charge in [0.2, 0.25) is 0 Å². The average molecular weight is 447 g/mol. The van der Waals surface area contributed by atoms with Crippen LogP contribution >= 0.6 is 0 Å². The van der Waals surface area contributed by atoms with E-state index in [2.05, 4.69) is 21.4 Å². The van der Waals surface area contributed by atoms with Crippen LogP contribution in [0.3, 0.4) is 0 Å². The van der Waals surface area contributed by atoms with Gasteiger partial charge in [0.25, 0.3) is 5.91 Å². The third-order valence-corrected chi connectivity index (χ3v) is 6.22. The first kappa shape index (κ1) is 20.1. The molecule has 0 spiro atoms. The Kier molecular flexibility index (Phi) is 4.77. The Morgan fingerprint density at radius 2 is 1.62 bits per heavy atom. The molecule has 0 radical (unpaired) electrons. The first-order valence-corrected chi connectivity index (χ1v) is 11.2. The molecule has 0 fully saturated rings. The molecule has 0 aliphatic heterocycles. The molecule has 0 aliphatic carbocycles. The molecule has 0 aliphatic rings. The third kappa shape index (κ3) is 3.46. The van der Waals surface area contributed by atoms with Gasteiger partial charge in [-0.2, -0.15) is 0 Å². The summed E-state index contributed by atoms with van der Waals surface area (Å²) < 4.78 is 0. The number of nitrogens with one attached hydrogen (secondary N) is 3. The first-order chi connectivity index (χ1) is 16.7. The van der Waals surface area contributed by atoms with Crippen LogP contribution in [-0.4, -0.2) is 32.5 Å². The van der Waals surface area contributed by atoms with Gasteiger partial charge in [-0.3, -0.25) is 4.79 Å². The minimum atomic E-state index is -0.216. The van der Waals surface area contributed by atoms with Crippen LogP contribution in [-0.2, 0) is 6.42 Å². The summed E-state index contributed by atoms with van der Waals surface area (Å²) >= 11 is 0. The van der Waals surface area contributed by atoms with Crippen molar-refractivity contribution in [2.45, 2.75) is 6.42 Å². The Labute approximate surface area is 195 Å². The molecule has 3 heterocycles. The highest BCUT2D eigenvalue weighted by Gasteiger charge is 2.17. The van der Waals surface area contributed by atoms with Crippen LogP contribution in [0.2, 0.25) is 0 Å². The zero-order valence-corrected chi connectivity index (χ0v) is 18.3. The first-order valence-electron chi connectivity index (χ1n) is 11.2. The minimum absolute atomic E-state index is 0.183. The van der Waals surface area contributed by atoms with E-state index in [-0.39, 0.29) is 11.7 Å². The second kappa shape index (κ2) is 8.08. The highest BCUT2D eigenvalue weighted by atomic mass is 16.3. The molecule has 3 aromatic heterocycles. The number of carbonyl (C=O) groups excluding carboxylic acids is 1. The number of fused-ring (bicyclic) bond motifs is 4. The van der Waals surface area contributed by atoms with Gasteiger partial charge in [0.05, 0.1) is 11.2 Å². The molecule has 0 atom stereocenters. The van der Waals surface area contributed by atoms with Gasteiger partial charge in [-0.1, -0.05) is 36.4 Å². The number of benzene rings is 3. The molecule has 0 saturated carbocycles. The monoisotopic (exact) mass is 446 g/mol. The number of carbonyl (C=O) groups is 1. The Morgan fingerprint density at radius 1 is 0.882 bits per heavy atom. The summed E-state index contributed by atoms with van der Waals surface area (Å²) in [5.74, 6) is -0.0325. The van der Waals surface area contributed by atoms with Crippen molar-refractivity contribution in [3.05, 3.63) is 96.3 Å². The van der Waals surface area contributed by atoms with Crippen molar-refractivity contribution >= 4 is 38.6 Å². The number of aromatic hydroxyl groups is 1. The molecule has 3 aromatic carbocycles. The number of nitrogens with zero attached hydrogens (tertiary/aromatic N) is 1. The van der Waals surface area contributed by atoms with E-state index >= 15 is 0 Å². The zero-order chi connectivity index (χ0) is 23.1. The number of hydrogen-bond acceptors (Lipinski definition) is 3. The molecule has 166 valence electrons. The molecule has 0 unspecified atom stereocenters. The summed E-state index contributed by atoms with van der Waals surface area (Å²) in [5.41, 5.74) is 5.96. The van der Waals surface area contributed by atoms with Gasteiger partial charge in [-0.15, -0.1) is 0 Å². The van der Waals surface area contributed by atoms with E-state index in [1.165, 1.54) is 10.9 Å². The van der Waals surface area contributed by atoms with Gasteiger partial charge in [-0.25, -0.2) is 4.98 Å². The topological polar surface area (TPSA) is 93.8 Å². The lowest BCUT2D eigenvalue weighted by molar-refractivity contribution is 0.0949. The predicted octanol–water partition coefficient (Wildman–Crippen LogP) is 5.54. The fourth-order valence-corrected chi connectivity index (χ4v) is 4.53. The summed E-state index contributed by atoms with van der Waals surface area (Å²) in [7, 11) is 0. The average Bonchev–Trinajstić information content (AvgIpc) is 3.45. The Balaban J connectivity index is 1.34. The second-order valence-corrected chi connectivity index (χ2v) is 8.36. The van der Waals surface area contributed by atoms with Crippen LogP contribution < -0.4 is 5.32 Å². The standard InChI is InChI=1S/C28H22N4O2/c33-19-11-9-17(10-12-19)26-27-22(21-6-2-4-8-24(21)31-27)15-25(32-26)28(34)29-14-13-18-16-30-23-7-3-1-5-20(18)23/h1-12,15-16,30-31,33H,13-14H2,(H,29,34). The Morgan fingerprint density at radius 3 is 2.44 bits per heavy atom. The van der Waals surface area contributed by atoms with Crippen molar-refractivity contribution in [1.29, 1.82) is 0 Å². The predicted molar refractivity (Wildman–Crippen MR) is 135 cm³/mol. The van der Waals surface area contributed by atoms with E-state index in [1.54, 1.807) is 24.3 Å². The number of aromatic amines is 2. The smallest absolute Gasteiger partial charge is 0.269 e.